The fraction of sp³-hybridized carbons (Fsp3) is 0.667. The Hall–Kier alpha value is -0.750. The molecular weight excluding hydrogens is 180 g/mol. The van der Waals surface area contributed by atoms with Crippen molar-refractivity contribution < 1.29 is 14.0 Å². The highest BCUT2D eigenvalue weighted by Gasteiger charge is 2.32. The summed E-state index contributed by atoms with van der Waals surface area (Å²) in [6.07, 6.45) is 0. The lowest BCUT2D eigenvalue weighted by Crippen LogP contribution is -2.24. The van der Waals surface area contributed by atoms with Crippen LogP contribution in [0.1, 0.15) is 0 Å². The molecule has 66 valence electrons. The zero-order valence-electron chi connectivity index (χ0n) is 6.36. The lowest BCUT2D eigenvalue weighted by atomic mass is 10.8. The summed E-state index contributed by atoms with van der Waals surface area (Å²) in [5.74, 6) is 0. The average Bonchev–Trinajstić information content (AvgIpc) is 2.77. The highest BCUT2D eigenvalue weighted by atomic mass is 32.2. The van der Waals surface area contributed by atoms with Gasteiger partial charge in [-0.05, 0) is 0 Å². The van der Waals surface area contributed by atoms with Crippen LogP contribution in [0.4, 0.5) is 0 Å². The summed E-state index contributed by atoms with van der Waals surface area (Å²) in [5, 5.41) is 0.492. The zero-order valence-corrected chi connectivity index (χ0v) is 7.17. The van der Waals surface area contributed by atoms with Crippen molar-refractivity contribution in [3.8, 4) is 0 Å². The van der Waals surface area contributed by atoms with E-state index in [1.807, 2.05) is 0 Å². The smallest absolute Gasteiger partial charge is 0.416 e. The number of hydrogen-bond donors (Lipinski definition) is 0. The van der Waals surface area contributed by atoms with Crippen LogP contribution in [-0.4, -0.2) is 41.3 Å². The molecular formula is C6H8N2O3S. The van der Waals surface area contributed by atoms with Crippen LogP contribution in [0.2, 0.25) is 0 Å². The van der Waals surface area contributed by atoms with Gasteiger partial charge >= 0.3 is 10.5 Å². The summed E-state index contributed by atoms with van der Waals surface area (Å²) in [6.45, 7) is 2.17. The maximum absolute atomic E-state index is 11.4. The fourth-order valence-corrected chi connectivity index (χ4v) is 1.88. The van der Waals surface area contributed by atoms with Gasteiger partial charge in [-0.2, -0.15) is 0 Å². The minimum atomic E-state index is -1.42. The van der Waals surface area contributed by atoms with E-state index in [1.54, 1.807) is 0 Å². The Morgan fingerprint density at radius 2 is 1.58 bits per heavy atom. The van der Waals surface area contributed by atoms with Gasteiger partial charge in [-0.3, -0.25) is 0 Å². The summed E-state index contributed by atoms with van der Waals surface area (Å²) in [5.41, 5.74) is 0. The van der Waals surface area contributed by atoms with E-state index in [0.29, 0.717) is 26.3 Å². The molecule has 0 unspecified atom stereocenters. The Balaban J connectivity index is 2.03. The molecule has 0 aromatic carbocycles. The molecule has 2 heterocycles. The molecule has 2 aliphatic rings. The third-order valence-corrected chi connectivity index (χ3v) is 2.56. The maximum Gasteiger partial charge on any atom is 0.416 e. The second-order valence-corrected chi connectivity index (χ2v) is 3.50. The van der Waals surface area contributed by atoms with E-state index >= 15 is 0 Å². The molecule has 5 nitrogen and oxygen atoms in total. The largest absolute Gasteiger partial charge is 0.599 e. The molecule has 0 atom stereocenters. The first-order chi connectivity index (χ1) is 5.88. The molecule has 0 aliphatic carbocycles. The number of aliphatic imine (C=N–C) groups is 2. The molecule has 0 amide bonds. The molecule has 0 N–H and O–H groups in total. The predicted octanol–water partition coefficient (Wildman–Crippen LogP) is -0.493. The SMILES string of the molecule is [O-][S+](C1=NCCO1)C1=NCCO1. The normalized spacial score (nSPS) is 21.8. The summed E-state index contributed by atoms with van der Waals surface area (Å²) < 4.78 is 21.5. The second-order valence-electron chi connectivity index (χ2n) is 2.26. The highest BCUT2D eigenvalue weighted by Crippen LogP contribution is 2.09. The van der Waals surface area contributed by atoms with Gasteiger partial charge in [-0.1, -0.05) is 0 Å². The topological polar surface area (TPSA) is 66.2 Å². The van der Waals surface area contributed by atoms with Crippen LogP contribution >= 0.6 is 0 Å². The molecule has 12 heavy (non-hydrogen) atoms. The van der Waals surface area contributed by atoms with Crippen LogP contribution in [0.5, 0.6) is 0 Å². The van der Waals surface area contributed by atoms with Gasteiger partial charge in [-0.15, -0.1) is 0 Å². The first-order valence-electron chi connectivity index (χ1n) is 3.64. The van der Waals surface area contributed by atoms with Crippen LogP contribution < -0.4 is 0 Å². The van der Waals surface area contributed by atoms with Crippen LogP contribution in [0.3, 0.4) is 0 Å². The monoisotopic (exact) mass is 188 g/mol. The Bertz CT molecular complexity index is 217. The van der Waals surface area contributed by atoms with E-state index in [-0.39, 0.29) is 10.5 Å². The average molecular weight is 188 g/mol. The quantitative estimate of drug-likeness (QED) is 0.482. The maximum atomic E-state index is 11.4. The Kier molecular flexibility index (Phi) is 2.18. The van der Waals surface area contributed by atoms with Crippen LogP contribution in [-0.2, 0) is 20.6 Å². The van der Waals surface area contributed by atoms with Gasteiger partial charge in [0.25, 0.3) is 0 Å². The van der Waals surface area contributed by atoms with Crippen LogP contribution in [0.15, 0.2) is 9.98 Å². The third-order valence-electron chi connectivity index (χ3n) is 1.43. The highest BCUT2D eigenvalue weighted by molar-refractivity contribution is 8.18. The molecule has 6 heteroatoms. The summed E-state index contributed by atoms with van der Waals surface area (Å²) in [6, 6.07) is 0. The molecule has 0 aromatic heterocycles. The van der Waals surface area contributed by atoms with Gasteiger partial charge in [0.1, 0.15) is 24.4 Å². The van der Waals surface area contributed by atoms with E-state index in [9.17, 15) is 4.55 Å². The number of hydrogen-bond acceptors (Lipinski definition) is 5. The second kappa shape index (κ2) is 3.32. The first-order valence-corrected chi connectivity index (χ1v) is 4.79. The van der Waals surface area contributed by atoms with Gasteiger partial charge < -0.3 is 14.0 Å². The molecule has 0 saturated carbocycles. The van der Waals surface area contributed by atoms with Gasteiger partial charge in [0.05, 0.1) is 13.1 Å². The van der Waals surface area contributed by atoms with Crippen molar-refractivity contribution in [2.75, 3.05) is 26.3 Å². The third kappa shape index (κ3) is 1.39. The summed E-state index contributed by atoms with van der Waals surface area (Å²) in [7, 11) is 0. The van der Waals surface area contributed by atoms with Gasteiger partial charge in [0.15, 0.2) is 0 Å². The van der Waals surface area contributed by atoms with Crippen molar-refractivity contribution in [3.63, 3.8) is 0 Å². The molecule has 2 rings (SSSR count). The number of nitrogens with zero attached hydrogens (tertiary/aromatic N) is 2. The zero-order chi connectivity index (χ0) is 8.39. The Morgan fingerprint density at radius 1 is 1.08 bits per heavy atom. The fourth-order valence-electron chi connectivity index (χ4n) is 0.930. The molecule has 0 bridgehead atoms. The van der Waals surface area contributed by atoms with E-state index < -0.39 is 11.2 Å². The van der Waals surface area contributed by atoms with E-state index in [0.717, 1.165) is 0 Å². The lowest BCUT2D eigenvalue weighted by molar-refractivity contribution is 0.346. The number of rotatable bonds is 0. The molecule has 0 saturated heterocycles. The summed E-state index contributed by atoms with van der Waals surface area (Å²) >= 11 is -1.42. The molecule has 0 aromatic rings. The van der Waals surface area contributed by atoms with Crippen molar-refractivity contribution in [3.05, 3.63) is 0 Å². The minimum absolute atomic E-state index is 0.246. The molecule has 0 spiro atoms. The van der Waals surface area contributed by atoms with Gasteiger partial charge in [0.2, 0.25) is 0 Å². The Labute approximate surface area is 72.7 Å². The van der Waals surface area contributed by atoms with Crippen molar-refractivity contribution in [1.82, 2.24) is 0 Å². The predicted molar refractivity (Wildman–Crippen MR) is 44.7 cm³/mol. The van der Waals surface area contributed by atoms with E-state index in [4.69, 9.17) is 9.47 Å². The Morgan fingerprint density at radius 3 is 1.92 bits per heavy atom. The number of ether oxygens (including phenoxy) is 2. The minimum Gasteiger partial charge on any atom is -0.599 e. The van der Waals surface area contributed by atoms with Crippen molar-refractivity contribution in [2.24, 2.45) is 9.98 Å². The molecule has 0 fully saturated rings. The van der Waals surface area contributed by atoms with Crippen LogP contribution in [0, 0.1) is 0 Å². The van der Waals surface area contributed by atoms with Gasteiger partial charge in [0, 0.05) is 0 Å². The van der Waals surface area contributed by atoms with E-state index in [2.05, 4.69) is 9.98 Å². The summed E-state index contributed by atoms with van der Waals surface area (Å²) in [4.78, 5) is 7.83. The van der Waals surface area contributed by atoms with Crippen molar-refractivity contribution in [2.45, 2.75) is 0 Å². The van der Waals surface area contributed by atoms with Crippen LogP contribution in [0.25, 0.3) is 0 Å². The lowest BCUT2D eigenvalue weighted by Gasteiger charge is -2.05. The molecule has 2 aliphatic heterocycles. The van der Waals surface area contributed by atoms with Crippen molar-refractivity contribution in [1.29, 1.82) is 0 Å². The van der Waals surface area contributed by atoms with Gasteiger partial charge in [-0.25, -0.2) is 9.98 Å². The molecule has 0 radical (unpaired) electrons. The van der Waals surface area contributed by atoms with E-state index in [1.165, 1.54) is 0 Å². The first kappa shape index (κ1) is 7.88. The van der Waals surface area contributed by atoms with Crippen molar-refractivity contribution >= 4 is 21.6 Å². The standard InChI is InChI=1S/C6H8N2O3S/c9-12(5-7-1-3-10-5)6-8-2-4-11-6/h1-4H2.